The van der Waals surface area contributed by atoms with E-state index < -0.39 is 6.43 Å². The van der Waals surface area contributed by atoms with E-state index in [0.717, 1.165) is 6.20 Å². The Morgan fingerprint density at radius 2 is 2.33 bits per heavy atom. The third kappa shape index (κ3) is 2.10. The lowest BCUT2D eigenvalue weighted by Gasteiger charge is -2.12. The highest BCUT2D eigenvalue weighted by molar-refractivity contribution is 5.77. The molecular formula is C9H10F2N2O2. The van der Waals surface area contributed by atoms with Gasteiger partial charge in [-0.25, -0.2) is 13.8 Å². The molecule has 4 nitrogen and oxygen atoms in total. The van der Waals surface area contributed by atoms with Gasteiger partial charge in [-0.15, -0.1) is 0 Å². The Labute approximate surface area is 85.1 Å². The van der Waals surface area contributed by atoms with Crippen LogP contribution in [0.3, 0.4) is 0 Å². The number of pyridine rings is 1. The Bertz CT molecular complexity index is 369. The lowest BCUT2D eigenvalue weighted by atomic mass is 10.1. The molecule has 0 saturated heterocycles. The van der Waals surface area contributed by atoms with E-state index in [0.29, 0.717) is 6.29 Å². The van der Waals surface area contributed by atoms with Crippen LogP contribution in [0.15, 0.2) is 6.20 Å². The molecule has 1 aromatic heterocycles. The van der Waals surface area contributed by atoms with E-state index in [4.69, 9.17) is 10.5 Å². The zero-order valence-corrected chi connectivity index (χ0v) is 8.04. The van der Waals surface area contributed by atoms with Crippen molar-refractivity contribution in [2.24, 2.45) is 5.73 Å². The van der Waals surface area contributed by atoms with Gasteiger partial charge in [-0.1, -0.05) is 0 Å². The number of nitrogens with two attached hydrogens (primary N) is 1. The average Bonchev–Trinajstić information content (AvgIpc) is 2.26. The van der Waals surface area contributed by atoms with E-state index in [-0.39, 0.29) is 29.1 Å². The molecule has 6 heteroatoms. The Balaban J connectivity index is 3.40. The van der Waals surface area contributed by atoms with Crippen LogP contribution in [0.1, 0.15) is 28.0 Å². The summed E-state index contributed by atoms with van der Waals surface area (Å²) in [5.41, 5.74) is 5.12. The quantitative estimate of drug-likeness (QED) is 0.770. The first-order valence-electron chi connectivity index (χ1n) is 4.14. The SMILES string of the molecule is COc1c(C=O)ncc(C(F)F)c1CN. The summed E-state index contributed by atoms with van der Waals surface area (Å²) < 4.78 is 29.9. The van der Waals surface area contributed by atoms with Gasteiger partial charge in [0, 0.05) is 23.9 Å². The summed E-state index contributed by atoms with van der Waals surface area (Å²) in [7, 11) is 1.28. The molecule has 1 aromatic rings. The number of methoxy groups -OCH3 is 1. The van der Waals surface area contributed by atoms with Gasteiger partial charge >= 0.3 is 0 Å². The third-order valence-electron chi connectivity index (χ3n) is 1.95. The fourth-order valence-corrected chi connectivity index (χ4v) is 1.27. The molecular weight excluding hydrogens is 206 g/mol. The van der Waals surface area contributed by atoms with E-state index in [9.17, 15) is 13.6 Å². The molecule has 0 saturated carbocycles. The molecule has 0 aliphatic rings. The summed E-state index contributed by atoms with van der Waals surface area (Å²) in [6, 6.07) is 0. The summed E-state index contributed by atoms with van der Waals surface area (Å²) in [4.78, 5) is 14.1. The van der Waals surface area contributed by atoms with Crippen molar-refractivity contribution in [3.05, 3.63) is 23.0 Å². The Morgan fingerprint density at radius 3 is 2.73 bits per heavy atom. The molecule has 82 valence electrons. The van der Waals surface area contributed by atoms with Crippen molar-refractivity contribution in [3.8, 4) is 5.75 Å². The molecule has 0 aliphatic heterocycles. The maximum atomic E-state index is 12.5. The van der Waals surface area contributed by atoms with Gasteiger partial charge in [0.15, 0.2) is 12.0 Å². The van der Waals surface area contributed by atoms with Crippen LogP contribution in [0.2, 0.25) is 0 Å². The fourth-order valence-electron chi connectivity index (χ4n) is 1.27. The summed E-state index contributed by atoms with van der Waals surface area (Å²) in [5, 5.41) is 0. The van der Waals surface area contributed by atoms with Crippen LogP contribution in [0.5, 0.6) is 5.75 Å². The van der Waals surface area contributed by atoms with Gasteiger partial charge in [0.2, 0.25) is 0 Å². The fraction of sp³-hybridized carbons (Fsp3) is 0.333. The maximum absolute atomic E-state index is 12.5. The number of alkyl halides is 2. The van der Waals surface area contributed by atoms with Crippen LogP contribution in [0.25, 0.3) is 0 Å². The first-order valence-corrected chi connectivity index (χ1v) is 4.14. The number of rotatable bonds is 4. The largest absolute Gasteiger partial charge is 0.494 e. The topological polar surface area (TPSA) is 65.2 Å². The van der Waals surface area contributed by atoms with Crippen LogP contribution >= 0.6 is 0 Å². The van der Waals surface area contributed by atoms with E-state index in [1.54, 1.807) is 0 Å². The molecule has 0 spiro atoms. The van der Waals surface area contributed by atoms with Gasteiger partial charge in [0.1, 0.15) is 5.69 Å². The maximum Gasteiger partial charge on any atom is 0.265 e. The molecule has 0 atom stereocenters. The van der Waals surface area contributed by atoms with E-state index in [1.807, 2.05) is 0 Å². The number of ether oxygens (including phenoxy) is 1. The summed E-state index contributed by atoms with van der Waals surface area (Å²) >= 11 is 0. The number of carbonyl (C=O) groups is 1. The Morgan fingerprint density at radius 1 is 1.67 bits per heavy atom. The highest BCUT2D eigenvalue weighted by Gasteiger charge is 2.19. The van der Waals surface area contributed by atoms with Gasteiger partial charge in [0.05, 0.1) is 7.11 Å². The van der Waals surface area contributed by atoms with Gasteiger partial charge in [-0.3, -0.25) is 4.79 Å². The number of hydrogen-bond acceptors (Lipinski definition) is 4. The number of aldehydes is 1. The molecule has 0 aromatic carbocycles. The molecule has 1 heterocycles. The van der Waals surface area contributed by atoms with Crippen molar-refractivity contribution in [2.75, 3.05) is 7.11 Å². The zero-order chi connectivity index (χ0) is 11.4. The van der Waals surface area contributed by atoms with E-state index in [2.05, 4.69) is 4.98 Å². The number of carbonyl (C=O) groups excluding carboxylic acids is 1. The second-order valence-corrected chi connectivity index (χ2v) is 2.73. The van der Waals surface area contributed by atoms with Crippen LogP contribution in [0, 0.1) is 0 Å². The monoisotopic (exact) mass is 216 g/mol. The van der Waals surface area contributed by atoms with Crippen LogP contribution in [-0.4, -0.2) is 18.4 Å². The minimum Gasteiger partial charge on any atom is -0.494 e. The average molecular weight is 216 g/mol. The van der Waals surface area contributed by atoms with Crippen LogP contribution in [0.4, 0.5) is 8.78 Å². The van der Waals surface area contributed by atoms with Crippen molar-refractivity contribution in [1.29, 1.82) is 0 Å². The molecule has 2 N–H and O–H groups in total. The van der Waals surface area contributed by atoms with Crippen molar-refractivity contribution in [1.82, 2.24) is 4.98 Å². The highest BCUT2D eigenvalue weighted by Crippen LogP contribution is 2.30. The van der Waals surface area contributed by atoms with Crippen molar-refractivity contribution in [2.45, 2.75) is 13.0 Å². The van der Waals surface area contributed by atoms with Gasteiger partial charge < -0.3 is 10.5 Å². The molecule has 0 amide bonds. The van der Waals surface area contributed by atoms with Crippen molar-refractivity contribution in [3.63, 3.8) is 0 Å². The summed E-state index contributed by atoms with van der Waals surface area (Å²) in [5.74, 6) is 0.0188. The molecule has 0 fully saturated rings. The summed E-state index contributed by atoms with van der Waals surface area (Å²) in [6.07, 6.45) is -1.31. The van der Waals surface area contributed by atoms with Crippen molar-refractivity contribution >= 4 is 6.29 Å². The zero-order valence-electron chi connectivity index (χ0n) is 8.04. The van der Waals surface area contributed by atoms with Gasteiger partial charge in [-0.2, -0.15) is 0 Å². The smallest absolute Gasteiger partial charge is 0.265 e. The predicted molar refractivity (Wildman–Crippen MR) is 49.0 cm³/mol. The second kappa shape index (κ2) is 4.79. The highest BCUT2D eigenvalue weighted by atomic mass is 19.3. The number of nitrogens with zero attached hydrogens (tertiary/aromatic N) is 1. The van der Waals surface area contributed by atoms with E-state index in [1.165, 1.54) is 7.11 Å². The van der Waals surface area contributed by atoms with E-state index >= 15 is 0 Å². The first-order chi connectivity index (χ1) is 7.15. The molecule has 0 radical (unpaired) electrons. The van der Waals surface area contributed by atoms with Crippen LogP contribution in [-0.2, 0) is 6.54 Å². The molecule has 0 bridgehead atoms. The number of halogens is 2. The molecule has 15 heavy (non-hydrogen) atoms. The number of aromatic nitrogens is 1. The first kappa shape index (κ1) is 11.5. The predicted octanol–water partition coefficient (Wildman–Crippen LogP) is 1.30. The summed E-state index contributed by atoms with van der Waals surface area (Å²) in [6.45, 7) is -0.133. The normalized spacial score (nSPS) is 10.5. The van der Waals surface area contributed by atoms with Crippen molar-refractivity contribution < 1.29 is 18.3 Å². The lowest BCUT2D eigenvalue weighted by Crippen LogP contribution is -2.08. The molecule has 0 aliphatic carbocycles. The van der Waals surface area contributed by atoms with Gasteiger partial charge in [-0.05, 0) is 0 Å². The molecule has 0 unspecified atom stereocenters. The third-order valence-corrected chi connectivity index (χ3v) is 1.95. The number of hydrogen-bond donors (Lipinski definition) is 1. The lowest BCUT2D eigenvalue weighted by molar-refractivity contribution is 0.111. The standard InChI is InChI=1S/C9H10F2N2O2/c1-15-8-5(2-12)6(9(10)11)3-13-7(8)4-14/h3-4,9H,2,12H2,1H3. The minimum absolute atomic E-state index is 0.0188. The minimum atomic E-state index is -2.69. The second-order valence-electron chi connectivity index (χ2n) is 2.73. The Kier molecular flexibility index (Phi) is 3.68. The Hall–Kier alpha value is -1.56. The van der Waals surface area contributed by atoms with Crippen LogP contribution < -0.4 is 10.5 Å². The van der Waals surface area contributed by atoms with Gasteiger partial charge in [0.25, 0.3) is 6.43 Å². The molecule has 1 rings (SSSR count).